The molecule has 0 aliphatic carbocycles. The average Bonchev–Trinajstić information content (AvgIpc) is 2.82. The molecule has 1 aromatic carbocycles. The molecule has 4 nitrogen and oxygen atoms in total. The summed E-state index contributed by atoms with van der Waals surface area (Å²) in [6, 6.07) is 7.95. The van der Waals surface area contributed by atoms with Crippen molar-refractivity contribution in [3.05, 3.63) is 36.1 Å². The Hall–Kier alpha value is -1.81. The first-order valence-corrected chi connectivity index (χ1v) is 6.36. The Balaban J connectivity index is 1.91. The number of furan rings is 1. The SMILES string of the molecule is COC(=O)CCC1(c2coc3ccccc23)COC1. The number of ether oxygens (including phenoxy) is 2. The maximum Gasteiger partial charge on any atom is 0.305 e. The highest BCUT2D eigenvalue weighted by Gasteiger charge is 2.42. The van der Waals surface area contributed by atoms with Gasteiger partial charge in [0.05, 0.1) is 26.6 Å². The molecule has 0 radical (unpaired) electrons. The first kappa shape index (κ1) is 12.2. The Morgan fingerprint density at radius 3 is 2.84 bits per heavy atom. The third-order valence-corrected chi connectivity index (χ3v) is 3.84. The van der Waals surface area contributed by atoms with Crippen molar-refractivity contribution in [2.45, 2.75) is 18.3 Å². The van der Waals surface area contributed by atoms with Gasteiger partial charge in [0.2, 0.25) is 0 Å². The molecule has 1 aliphatic rings. The second-order valence-electron chi connectivity index (χ2n) is 4.99. The maximum absolute atomic E-state index is 11.3. The van der Waals surface area contributed by atoms with Crippen LogP contribution in [0.25, 0.3) is 11.0 Å². The van der Waals surface area contributed by atoms with E-state index in [0.717, 1.165) is 23.0 Å². The van der Waals surface area contributed by atoms with E-state index in [9.17, 15) is 4.79 Å². The summed E-state index contributed by atoms with van der Waals surface area (Å²) in [5.74, 6) is -0.181. The molecule has 100 valence electrons. The second-order valence-corrected chi connectivity index (χ2v) is 4.99. The van der Waals surface area contributed by atoms with Gasteiger partial charge < -0.3 is 13.9 Å². The van der Waals surface area contributed by atoms with Gasteiger partial charge in [-0.25, -0.2) is 0 Å². The number of esters is 1. The van der Waals surface area contributed by atoms with Gasteiger partial charge in [-0.15, -0.1) is 0 Å². The fourth-order valence-corrected chi connectivity index (χ4v) is 2.61. The van der Waals surface area contributed by atoms with Crippen molar-refractivity contribution in [2.24, 2.45) is 0 Å². The van der Waals surface area contributed by atoms with Gasteiger partial charge >= 0.3 is 5.97 Å². The molecule has 0 bridgehead atoms. The van der Waals surface area contributed by atoms with Crippen LogP contribution in [0.3, 0.4) is 0 Å². The van der Waals surface area contributed by atoms with Gasteiger partial charge in [-0.1, -0.05) is 18.2 Å². The normalized spacial score (nSPS) is 17.1. The number of carbonyl (C=O) groups excluding carboxylic acids is 1. The van der Waals surface area contributed by atoms with E-state index >= 15 is 0 Å². The van der Waals surface area contributed by atoms with Crippen LogP contribution in [0.1, 0.15) is 18.4 Å². The van der Waals surface area contributed by atoms with E-state index in [0.29, 0.717) is 19.6 Å². The Morgan fingerprint density at radius 1 is 1.37 bits per heavy atom. The summed E-state index contributed by atoms with van der Waals surface area (Å²) in [5, 5.41) is 1.11. The Bertz CT molecular complexity index is 595. The molecule has 1 aliphatic heterocycles. The standard InChI is InChI=1S/C15H16O4/c1-17-14(16)6-7-15(9-18-10-15)12-8-19-13-5-3-2-4-11(12)13/h2-5,8H,6-7,9-10H2,1H3. The highest BCUT2D eigenvalue weighted by atomic mass is 16.5. The topological polar surface area (TPSA) is 48.7 Å². The number of hydrogen-bond acceptors (Lipinski definition) is 4. The number of methoxy groups -OCH3 is 1. The van der Waals surface area contributed by atoms with E-state index in [4.69, 9.17) is 13.9 Å². The van der Waals surface area contributed by atoms with Gasteiger partial charge in [-0.3, -0.25) is 4.79 Å². The number of fused-ring (bicyclic) bond motifs is 1. The van der Waals surface area contributed by atoms with E-state index in [-0.39, 0.29) is 11.4 Å². The average molecular weight is 260 g/mol. The highest BCUT2D eigenvalue weighted by Crippen LogP contribution is 2.41. The van der Waals surface area contributed by atoms with E-state index < -0.39 is 0 Å². The number of carbonyl (C=O) groups is 1. The Labute approximate surface area is 111 Å². The fraction of sp³-hybridized carbons (Fsp3) is 0.400. The predicted molar refractivity (Wildman–Crippen MR) is 70.0 cm³/mol. The Kier molecular flexibility index (Phi) is 3.03. The number of benzene rings is 1. The van der Waals surface area contributed by atoms with Crippen molar-refractivity contribution in [3.8, 4) is 0 Å². The minimum atomic E-state index is -0.181. The van der Waals surface area contributed by atoms with Gasteiger partial charge in [0.25, 0.3) is 0 Å². The van der Waals surface area contributed by atoms with Gasteiger partial charge in [0.1, 0.15) is 5.58 Å². The predicted octanol–water partition coefficient (Wildman–Crippen LogP) is 2.65. The van der Waals surface area contributed by atoms with Crippen molar-refractivity contribution < 1.29 is 18.7 Å². The van der Waals surface area contributed by atoms with Crippen LogP contribution in [0, 0.1) is 0 Å². The summed E-state index contributed by atoms with van der Waals surface area (Å²) >= 11 is 0. The van der Waals surface area contributed by atoms with Gasteiger partial charge in [-0.2, -0.15) is 0 Å². The number of para-hydroxylation sites is 1. The van der Waals surface area contributed by atoms with Crippen molar-refractivity contribution in [3.63, 3.8) is 0 Å². The van der Waals surface area contributed by atoms with Gasteiger partial charge in [0, 0.05) is 22.8 Å². The molecule has 0 atom stereocenters. The van der Waals surface area contributed by atoms with Crippen molar-refractivity contribution in [1.82, 2.24) is 0 Å². The minimum Gasteiger partial charge on any atom is -0.469 e. The quantitative estimate of drug-likeness (QED) is 0.793. The molecule has 0 spiro atoms. The molecule has 0 N–H and O–H groups in total. The highest BCUT2D eigenvalue weighted by molar-refractivity contribution is 5.82. The summed E-state index contributed by atoms with van der Waals surface area (Å²) in [6.07, 6.45) is 2.92. The van der Waals surface area contributed by atoms with Crippen LogP contribution in [-0.2, 0) is 19.7 Å². The monoisotopic (exact) mass is 260 g/mol. The van der Waals surface area contributed by atoms with E-state index in [1.54, 1.807) is 6.26 Å². The molecule has 0 saturated carbocycles. The lowest BCUT2D eigenvalue weighted by atomic mass is 9.75. The fourth-order valence-electron chi connectivity index (χ4n) is 2.61. The molecular weight excluding hydrogens is 244 g/mol. The summed E-state index contributed by atoms with van der Waals surface area (Å²) in [5.41, 5.74) is 1.90. The lowest BCUT2D eigenvalue weighted by Gasteiger charge is -2.41. The van der Waals surface area contributed by atoms with Crippen molar-refractivity contribution in [2.75, 3.05) is 20.3 Å². The van der Waals surface area contributed by atoms with Gasteiger partial charge in [-0.05, 0) is 12.5 Å². The largest absolute Gasteiger partial charge is 0.469 e. The maximum atomic E-state index is 11.3. The molecule has 0 amide bonds. The first-order chi connectivity index (χ1) is 9.25. The zero-order valence-electron chi connectivity index (χ0n) is 10.8. The first-order valence-electron chi connectivity index (χ1n) is 6.36. The summed E-state index contributed by atoms with van der Waals surface area (Å²) in [7, 11) is 1.42. The van der Waals surface area contributed by atoms with E-state index in [1.807, 2.05) is 24.3 Å². The molecule has 19 heavy (non-hydrogen) atoms. The number of hydrogen-bond donors (Lipinski definition) is 0. The molecule has 4 heteroatoms. The van der Waals surface area contributed by atoms with E-state index in [2.05, 4.69) is 0 Å². The zero-order valence-corrected chi connectivity index (χ0v) is 10.8. The molecule has 2 aromatic rings. The molecule has 3 rings (SSSR count). The third kappa shape index (κ3) is 2.02. The molecule has 0 unspecified atom stereocenters. The Morgan fingerprint density at radius 2 is 2.16 bits per heavy atom. The van der Waals surface area contributed by atoms with Gasteiger partial charge in [0.15, 0.2) is 0 Å². The van der Waals surface area contributed by atoms with Crippen LogP contribution in [0.2, 0.25) is 0 Å². The van der Waals surface area contributed by atoms with Crippen LogP contribution in [0.4, 0.5) is 0 Å². The van der Waals surface area contributed by atoms with Crippen LogP contribution < -0.4 is 0 Å². The zero-order chi connectivity index (χ0) is 13.3. The van der Waals surface area contributed by atoms with Crippen LogP contribution in [-0.4, -0.2) is 26.3 Å². The lowest BCUT2D eigenvalue weighted by molar-refractivity contribution is -0.142. The second kappa shape index (κ2) is 4.70. The van der Waals surface area contributed by atoms with Crippen molar-refractivity contribution >= 4 is 16.9 Å². The molecular formula is C15H16O4. The van der Waals surface area contributed by atoms with Crippen LogP contribution in [0.15, 0.2) is 34.9 Å². The summed E-state index contributed by atoms with van der Waals surface area (Å²) in [4.78, 5) is 11.3. The molecule has 2 heterocycles. The van der Waals surface area contributed by atoms with E-state index in [1.165, 1.54) is 7.11 Å². The summed E-state index contributed by atoms with van der Waals surface area (Å²) in [6.45, 7) is 1.26. The molecule has 1 saturated heterocycles. The summed E-state index contributed by atoms with van der Waals surface area (Å²) < 4.78 is 15.7. The lowest BCUT2D eigenvalue weighted by Crippen LogP contribution is -2.46. The van der Waals surface area contributed by atoms with Crippen LogP contribution >= 0.6 is 0 Å². The van der Waals surface area contributed by atoms with Crippen LogP contribution in [0.5, 0.6) is 0 Å². The smallest absolute Gasteiger partial charge is 0.305 e. The minimum absolute atomic E-state index is 0.110. The molecule has 1 fully saturated rings. The van der Waals surface area contributed by atoms with Crippen molar-refractivity contribution in [1.29, 1.82) is 0 Å². The third-order valence-electron chi connectivity index (χ3n) is 3.84. The molecule has 1 aromatic heterocycles. The number of rotatable bonds is 4.